The van der Waals surface area contributed by atoms with Crippen LogP contribution >= 0.6 is 11.6 Å². The van der Waals surface area contributed by atoms with E-state index in [1.807, 2.05) is 0 Å². The highest BCUT2D eigenvalue weighted by molar-refractivity contribution is 6.29. The van der Waals surface area contributed by atoms with Crippen molar-refractivity contribution < 1.29 is 4.74 Å². The molecule has 0 unspecified atom stereocenters. The molecule has 0 saturated carbocycles. The normalized spacial score (nSPS) is 9.64. The minimum Gasteiger partial charge on any atom is -0.481 e. The van der Waals surface area contributed by atoms with Crippen molar-refractivity contribution in [1.82, 2.24) is 9.97 Å². The fourth-order valence-corrected chi connectivity index (χ4v) is 0.989. The van der Waals surface area contributed by atoms with Gasteiger partial charge in [-0.2, -0.15) is 4.98 Å². The second-order valence-electron chi connectivity index (χ2n) is 2.71. The molecule has 1 rings (SSSR count). The summed E-state index contributed by atoms with van der Waals surface area (Å²) in [6.07, 6.45) is 0. The summed E-state index contributed by atoms with van der Waals surface area (Å²) in [5.74, 6) is 1.85. The van der Waals surface area contributed by atoms with E-state index in [1.165, 1.54) is 0 Å². The van der Waals surface area contributed by atoms with Gasteiger partial charge in [-0.15, -0.1) is 0 Å². The molecule has 0 aliphatic heterocycles. The van der Waals surface area contributed by atoms with Crippen molar-refractivity contribution in [1.29, 1.82) is 0 Å². The largest absolute Gasteiger partial charge is 0.481 e. The van der Waals surface area contributed by atoms with Crippen LogP contribution < -0.4 is 10.1 Å². The summed E-state index contributed by atoms with van der Waals surface area (Å²) >= 11 is 5.61. The van der Waals surface area contributed by atoms with Gasteiger partial charge in [0, 0.05) is 11.1 Å². The van der Waals surface area contributed by atoms with E-state index in [1.54, 1.807) is 20.1 Å². The Kier molecular flexibility index (Phi) is 3.71. The molecule has 76 valence electrons. The molecular formula is C9H12ClN3O. The zero-order chi connectivity index (χ0) is 10.6. The first kappa shape index (κ1) is 10.8. The monoisotopic (exact) mass is 213 g/mol. The average Bonchev–Trinajstić information content (AvgIpc) is 2.14. The topological polar surface area (TPSA) is 47.0 Å². The van der Waals surface area contributed by atoms with Crippen molar-refractivity contribution in [2.45, 2.75) is 6.92 Å². The molecule has 0 saturated heterocycles. The van der Waals surface area contributed by atoms with E-state index in [-0.39, 0.29) is 0 Å². The highest BCUT2D eigenvalue weighted by Crippen LogP contribution is 2.13. The summed E-state index contributed by atoms with van der Waals surface area (Å²) < 4.78 is 5.00. The molecule has 5 heteroatoms. The summed E-state index contributed by atoms with van der Waals surface area (Å²) in [5.41, 5.74) is 0. The van der Waals surface area contributed by atoms with Crippen LogP contribution in [-0.2, 0) is 0 Å². The zero-order valence-corrected chi connectivity index (χ0v) is 8.93. The number of ether oxygens (including phenoxy) is 1. The molecule has 1 aromatic rings. The van der Waals surface area contributed by atoms with Crippen molar-refractivity contribution in [3.63, 3.8) is 0 Å². The smallest absolute Gasteiger partial charge is 0.218 e. The molecule has 0 aliphatic rings. The maximum atomic E-state index is 5.61. The van der Waals surface area contributed by atoms with E-state index >= 15 is 0 Å². The maximum Gasteiger partial charge on any atom is 0.218 e. The third-order valence-corrected chi connectivity index (χ3v) is 1.62. The second kappa shape index (κ2) is 4.81. The Hall–Kier alpha value is -1.29. The summed E-state index contributed by atoms with van der Waals surface area (Å²) in [5, 5.41) is 3.53. The van der Waals surface area contributed by atoms with E-state index < -0.39 is 0 Å². The number of rotatable bonds is 4. The van der Waals surface area contributed by atoms with Crippen molar-refractivity contribution in [2.75, 3.05) is 19.0 Å². The summed E-state index contributed by atoms with van der Waals surface area (Å²) in [6, 6.07) is 1.70. The molecule has 0 radical (unpaired) electrons. The molecule has 1 N–H and O–H groups in total. The van der Waals surface area contributed by atoms with Gasteiger partial charge >= 0.3 is 0 Å². The van der Waals surface area contributed by atoms with Gasteiger partial charge in [0.25, 0.3) is 0 Å². The number of methoxy groups -OCH3 is 1. The first-order valence-corrected chi connectivity index (χ1v) is 4.46. The van der Waals surface area contributed by atoms with Gasteiger partial charge in [-0.25, -0.2) is 4.98 Å². The lowest BCUT2D eigenvalue weighted by atomic mass is 10.5. The molecule has 14 heavy (non-hydrogen) atoms. The first-order valence-electron chi connectivity index (χ1n) is 4.08. The second-order valence-corrected chi connectivity index (χ2v) is 3.25. The van der Waals surface area contributed by atoms with Crippen molar-refractivity contribution in [2.24, 2.45) is 0 Å². The number of nitrogens with one attached hydrogen (secondary N) is 1. The number of nitrogens with zero attached hydrogens (tertiary/aromatic N) is 2. The highest BCUT2D eigenvalue weighted by Gasteiger charge is 2.00. The van der Waals surface area contributed by atoms with Crippen LogP contribution in [0.1, 0.15) is 5.82 Å². The number of halogens is 1. The fourth-order valence-electron chi connectivity index (χ4n) is 0.922. The van der Waals surface area contributed by atoms with Gasteiger partial charge in [0.05, 0.1) is 13.7 Å². The Morgan fingerprint density at radius 1 is 1.64 bits per heavy atom. The number of hydrogen-bond donors (Lipinski definition) is 1. The molecule has 4 nitrogen and oxygen atoms in total. The van der Waals surface area contributed by atoms with E-state index in [9.17, 15) is 0 Å². The van der Waals surface area contributed by atoms with Crippen LogP contribution in [0.5, 0.6) is 5.88 Å². The zero-order valence-electron chi connectivity index (χ0n) is 8.17. The van der Waals surface area contributed by atoms with Crippen LogP contribution in [0.25, 0.3) is 0 Å². The standard InChI is InChI=1S/C9H12ClN3O/c1-6(10)5-11-8-4-9(14-3)13-7(2)12-8/h4H,1,5H2,2-3H3,(H,11,12,13). The summed E-state index contributed by atoms with van der Waals surface area (Å²) in [4.78, 5) is 8.20. The Morgan fingerprint density at radius 3 is 2.93 bits per heavy atom. The van der Waals surface area contributed by atoms with Gasteiger partial charge in [-0.1, -0.05) is 18.2 Å². The molecule has 0 aromatic carbocycles. The Labute approximate surface area is 88.0 Å². The minimum atomic E-state index is 0.473. The fraction of sp³-hybridized carbons (Fsp3) is 0.333. The third-order valence-electron chi connectivity index (χ3n) is 1.48. The number of anilines is 1. The van der Waals surface area contributed by atoms with Gasteiger partial charge in [-0.05, 0) is 6.92 Å². The summed E-state index contributed by atoms with van der Waals surface area (Å²) in [6.45, 7) is 5.83. The van der Waals surface area contributed by atoms with E-state index in [0.717, 1.165) is 0 Å². The minimum absolute atomic E-state index is 0.473. The molecule has 1 aromatic heterocycles. The average molecular weight is 214 g/mol. The molecule has 1 heterocycles. The molecule has 0 fully saturated rings. The Morgan fingerprint density at radius 2 is 2.36 bits per heavy atom. The van der Waals surface area contributed by atoms with Gasteiger partial charge in [0.15, 0.2) is 0 Å². The van der Waals surface area contributed by atoms with Crippen LogP contribution in [0.3, 0.4) is 0 Å². The van der Waals surface area contributed by atoms with Crippen LogP contribution in [0.2, 0.25) is 0 Å². The molecule has 0 spiro atoms. The number of hydrogen-bond acceptors (Lipinski definition) is 4. The third kappa shape index (κ3) is 3.22. The molecular weight excluding hydrogens is 202 g/mol. The molecule has 0 atom stereocenters. The van der Waals surface area contributed by atoms with Crippen LogP contribution in [0.15, 0.2) is 17.7 Å². The SMILES string of the molecule is C=C(Cl)CNc1cc(OC)nc(C)n1. The Bertz CT molecular complexity index is 341. The predicted molar refractivity (Wildman–Crippen MR) is 56.8 cm³/mol. The van der Waals surface area contributed by atoms with Crippen LogP contribution in [-0.4, -0.2) is 23.6 Å². The molecule has 0 amide bonds. The first-order chi connectivity index (χ1) is 6.61. The van der Waals surface area contributed by atoms with E-state index in [4.69, 9.17) is 16.3 Å². The lowest BCUT2D eigenvalue weighted by Crippen LogP contribution is -2.05. The van der Waals surface area contributed by atoms with E-state index in [2.05, 4.69) is 21.9 Å². The highest BCUT2D eigenvalue weighted by atomic mass is 35.5. The van der Waals surface area contributed by atoms with Crippen LogP contribution in [0, 0.1) is 6.92 Å². The van der Waals surface area contributed by atoms with Crippen molar-refractivity contribution in [3.8, 4) is 5.88 Å². The van der Waals surface area contributed by atoms with Gasteiger partial charge in [0.1, 0.15) is 11.6 Å². The van der Waals surface area contributed by atoms with Gasteiger partial charge < -0.3 is 10.1 Å². The van der Waals surface area contributed by atoms with Crippen molar-refractivity contribution >= 4 is 17.4 Å². The Balaban J connectivity index is 2.76. The lowest BCUT2D eigenvalue weighted by Gasteiger charge is -2.06. The maximum absolute atomic E-state index is 5.61. The molecule has 0 aliphatic carbocycles. The quantitative estimate of drug-likeness (QED) is 0.831. The van der Waals surface area contributed by atoms with E-state index in [0.29, 0.717) is 29.1 Å². The number of aromatic nitrogens is 2. The van der Waals surface area contributed by atoms with Crippen molar-refractivity contribution in [3.05, 3.63) is 23.5 Å². The lowest BCUT2D eigenvalue weighted by molar-refractivity contribution is 0.396. The van der Waals surface area contributed by atoms with Crippen LogP contribution in [0.4, 0.5) is 5.82 Å². The predicted octanol–water partition coefficient (Wildman–Crippen LogP) is 1.96. The number of aryl methyl sites for hydroxylation is 1. The molecule has 0 bridgehead atoms. The summed E-state index contributed by atoms with van der Waals surface area (Å²) in [7, 11) is 1.56. The van der Waals surface area contributed by atoms with Gasteiger partial charge in [0.2, 0.25) is 5.88 Å². The van der Waals surface area contributed by atoms with Gasteiger partial charge in [-0.3, -0.25) is 0 Å².